The fraction of sp³-hybridized carbons (Fsp3) is 0.370. The quantitative estimate of drug-likeness (QED) is 0.466. The van der Waals surface area contributed by atoms with E-state index in [0.29, 0.717) is 38.0 Å². The second-order valence-corrected chi connectivity index (χ2v) is 8.87. The van der Waals surface area contributed by atoms with Gasteiger partial charge in [-0.1, -0.05) is 49.4 Å². The minimum absolute atomic E-state index is 0.0806. The van der Waals surface area contributed by atoms with Gasteiger partial charge in [0.25, 0.3) is 0 Å². The van der Waals surface area contributed by atoms with Crippen molar-refractivity contribution in [3.8, 4) is 6.07 Å². The van der Waals surface area contributed by atoms with E-state index in [0.717, 1.165) is 34.8 Å². The lowest BCUT2D eigenvalue weighted by molar-refractivity contribution is -0.152. The third-order valence-corrected chi connectivity index (χ3v) is 6.67. The standard InChI is InChI=1S/C27H28F3N5O/c1-3-24-32-22(18-31)26-23(14-11-19-9-12-21(13-10-19)27(28,29)30)35(16-15-34(24)26)33(2)25(36)17-20-7-5-4-6-8-20/h4-10,12-13,23H,3,11,14-17H2,1-2H3/t23-/m0/s1. The van der Waals surface area contributed by atoms with Crippen LogP contribution in [0, 0.1) is 11.3 Å². The van der Waals surface area contributed by atoms with Gasteiger partial charge in [0.1, 0.15) is 11.9 Å². The van der Waals surface area contributed by atoms with E-state index < -0.39 is 11.7 Å². The van der Waals surface area contributed by atoms with Gasteiger partial charge in [-0.15, -0.1) is 0 Å². The number of amides is 1. The van der Waals surface area contributed by atoms with Crippen LogP contribution in [0.3, 0.4) is 0 Å². The molecule has 3 aromatic rings. The molecule has 0 saturated heterocycles. The van der Waals surface area contributed by atoms with Gasteiger partial charge in [0.05, 0.1) is 23.7 Å². The Morgan fingerprint density at radius 1 is 1.11 bits per heavy atom. The van der Waals surface area contributed by atoms with Crippen molar-refractivity contribution < 1.29 is 18.0 Å². The lowest BCUT2D eigenvalue weighted by Gasteiger charge is -2.42. The normalized spacial score (nSPS) is 15.8. The Kier molecular flexibility index (Phi) is 7.45. The van der Waals surface area contributed by atoms with Crippen LogP contribution in [0.2, 0.25) is 0 Å². The summed E-state index contributed by atoms with van der Waals surface area (Å²) in [4.78, 5) is 17.7. The van der Waals surface area contributed by atoms with Crippen LogP contribution in [0.4, 0.5) is 13.2 Å². The number of nitrogens with zero attached hydrogens (tertiary/aromatic N) is 5. The van der Waals surface area contributed by atoms with Crippen LogP contribution in [-0.4, -0.2) is 39.1 Å². The predicted octanol–water partition coefficient (Wildman–Crippen LogP) is 4.94. The molecule has 36 heavy (non-hydrogen) atoms. The molecular weight excluding hydrogens is 467 g/mol. The number of hydrogen-bond donors (Lipinski definition) is 0. The van der Waals surface area contributed by atoms with Crippen LogP contribution in [0.1, 0.15) is 53.3 Å². The summed E-state index contributed by atoms with van der Waals surface area (Å²) in [7, 11) is 1.73. The van der Waals surface area contributed by atoms with Gasteiger partial charge in [0.2, 0.25) is 5.91 Å². The lowest BCUT2D eigenvalue weighted by atomic mass is 9.98. The number of rotatable bonds is 7. The monoisotopic (exact) mass is 495 g/mol. The molecule has 1 aliphatic rings. The highest BCUT2D eigenvalue weighted by Crippen LogP contribution is 2.35. The summed E-state index contributed by atoms with van der Waals surface area (Å²) in [5, 5.41) is 13.4. The van der Waals surface area contributed by atoms with Crippen molar-refractivity contribution in [3.63, 3.8) is 0 Å². The predicted molar refractivity (Wildman–Crippen MR) is 128 cm³/mol. The molecule has 0 aliphatic carbocycles. The van der Waals surface area contributed by atoms with Crippen LogP contribution in [0.5, 0.6) is 0 Å². The number of benzene rings is 2. The molecule has 1 aliphatic heterocycles. The van der Waals surface area contributed by atoms with E-state index in [-0.39, 0.29) is 18.4 Å². The third kappa shape index (κ3) is 5.29. The fourth-order valence-corrected chi connectivity index (χ4v) is 4.79. The largest absolute Gasteiger partial charge is 0.416 e. The first-order valence-electron chi connectivity index (χ1n) is 12.0. The molecule has 2 aromatic carbocycles. The third-order valence-electron chi connectivity index (χ3n) is 6.67. The summed E-state index contributed by atoms with van der Waals surface area (Å²) in [6.45, 7) is 3.12. The maximum absolute atomic E-state index is 13.2. The number of fused-ring (bicyclic) bond motifs is 1. The molecule has 9 heteroatoms. The Balaban J connectivity index is 1.61. The Labute approximate surface area is 208 Å². The van der Waals surface area contributed by atoms with E-state index in [9.17, 15) is 23.2 Å². The van der Waals surface area contributed by atoms with Crippen LogP contribution in [0.25, 0.3) is 0 Å². The SMILES string of the molecule is CCc1nc(C#N)c2n1CCN(N(C)C(=O)Cc1ccccc1)[C@H]2CCc1ccc(C(F)(F)F)cc1. The van der Waals surface area contributed by atoms with Crippen molar-refractivity contribution in [2.24, 2.45) is 0 Å². The van der Waals surface area contributed by atoms with Crippen molar-refractivity contribution in [2.45, 2.75) is 51.4 Å². The van der Waals surface area contributed by atoms with Crippen molar-refractivity contribution in [1.82, 2.24) is 19.6 Å². The fourth-order valence-electron chi connectivity index (χ4n) is 4.79. The Morgan fingerprint density at radius 2 is 1.81 bits per heavy atom. The topological polar surface area (TPSA) is 65.2 Å². The number of aromatic nitrogens is 2. The number of nitriles is 1. The molecule has 1 amide bonds. The molecule has 4 rings (SSSR count). The number of halogens is 3. The van der Waals surface area contributed by atoms with Crippen molar-refractivity contribution in [3.05, 3.63) is 88.5 Å². The lowest BCUT2D eigenvalue weighted by Crippen LogP contribution is -2.51. The van der Waals surface area contributed by atoms with Crippen LogP contribution >= 0.6 is 0 Å². The minimum atomic E-state index is -4.38. The van der Waals surface area contributed by atoms with Crippen molar-refractivity contribution in [2.75, 3.05) is 13.6 Å². The van der Waals surface area contributed by atoms with Gasteiger partial charge in [-0.25, -0.2) is 9.99 Å². The molecule has 0 fully saturated rings. The second-order valence-electron chi connectivity index (χ2n) is 8.87. The van der Waals surface area contributed by atoms with E-state index in [1.165, 1.54) is 12.1 Å². The minimum Gasteiger partial charge on any atom is -0.328 e. The van der Waals surface area contributed by atoms with Gasteiger partial charge in [0.15, 0.2) is 5.69 Å². The zero-order chi connectivity index (χ0) is 25.9. The maximum Gasteiger partial charge on any atom is 0.416 e. The molecule has 2 heterocycles. The summed E-state index contributed by atoms with van der Waals surface area (Å²) >= 11 is 0. The van der Waals surface area contributed by atoms with Crippen molar-refractivity contribution >= 4 is 5.91 Å². The number of hydrazine groups is 1. The van der Waals surface area contributed by atoms with E-state index in [4.69, 9.17) is 0 Å². The smallest absolute Gasteiger partial charge is 0.328 e. The first-order valence-corrected chi connectivity index (χ1v) is 12.0. The van der Waals surface area contributed by atoms with Crippen LogP contribution < -0.4 is 0 Å². The molecule has 1 atom stereocenters. The second kappa shape index (κ2) is 10.5. The van der Waals surface area contributed by atoms with Crippen LogP contribution in [0.15, 0.2) is 54.6 Å². The zero-order valence-corrected chi connectivity index (χ0v) is 20.3. The van der Waals surface area contributed by atoms with E-state index in [1.54, 1.807) is 12.1 Å². The Bertz CT molecular complexity index is 1250. The van der Waals surface area contributed by atoms with Gasteiger partial charge >= 0.3 is 6.18 Å². The van der Waals surface area contributed by atoms with Gasteiger partial charge < -0.3 is 4.57 Å². The highest BCUT2D eigenvalue weighted by molar-refractivity contribution is 5.78. The molecule has 0 unspecified atom stereocenters. The summed E-state index contributed by atoms with van der Waals surface area (Å²) < 4.78 is 41.0. The highest BCUT2D eigenvalue weighted by atomic mass is 19.4. The van der Waals surface area contributed by atoms with Gasteiger partial charge in [0, 0.05) is 26.6 Å². The molecular formula is C27H28F3N5O. The molecule has 6 nitrogen and oxygen atoms in total. The average Bonchev–Trinajstić information content (AvgIpc) is 3.25. The van der Waals surface area contributed by atoms with Gasteiger partial charge in [-0.3, -0.25) is 9.80 Å². The number of aryl methyl sites for hydroxylation is 2. The molecule has 0 saturated carbocycles. The van der Waals surface area contributed by atoms with E-state index >= 15 is 0 Å². The number of likely N-dealkylation sites (N-methyl/N-ethyl adjacent to an activating group) is 1. The molecule has 188 valence electrons. The first kappa shape index (κ1) is 25.5. The van der Waals surface area contributed by atoms with Crippen molar-refractivity contribution in [1.29, 1.82) is 5.26 Å². The highest BCUT2D eigenvalue weighted by Gasteiger charge is 2.36. The van der Waals surface area contributed by atoms with Crippen LogP contribution in [-0.2, 0) is 36.8 Å². The van der Waals surface area contributed by atoms with E-state index in [2.05, 4.69) is 15.6 Å². The summed E-state index contributed by atoms with van der Waals surface area (Å²) in [6, 6.07) is 16.5. The summed E-state index contributed by atoms with van der Waals surface area (Å²) in [5.41, 5.74) is 2.06. The molecule has 0 bridgehead atoms. The number of carbonyl (C=O) groups is 1. The molecule has 0 radical (unpaired) electrons. The number of carbonyl (C=O) groups excluding carboxylic acids is 1. The molecule has 0 spiro atoms. The summed E-state index contributed by atoms with van der Waals surface area (Å²) in [5.74, 6) is 0.738. The average molecular weight is 496 g/mol. The Morgan fingerprint density at radius 3 is 2.42 bits per heavy atom. The van der Waals surface area contributed by atoms with Gasteiger partial charge in [-0.05, 0) is 36.1 Å². The maximum atomic E-state index is 13.2. The Hall–Kier alpha value is -3.64. The molecule has 1 aromatic heterocycles. The number of imidazole rings is 1. The van der Waals surface area contributed by atoms with E-state index in [1.807, 2.05) is 42.3 Å². The number of alkyl halides is 3. The summed E-state index contributed by atoms with van der Waals surface area (Å²) in [6.07, 6.45) is -2.48. The van der Waals surface area contributed by atoms with Gasteiger partial charge in [-0.2, -0.15) is 18.4 Å². The first-order chi connectivity index (χ1) is 17.2. The molecule has 0 N–H and O–H groups in total. The number of hydrogen-bond acceptors (Lipinski definition) is 4. The zero-order valence-electron chi connectivity index (χ0n) is 20.3.